The summed E-state index contributed by atoms with van der Waals surface area (Å²) in [5, 5.41) is 1.56. The second-order valence-corrected chi connectivity index (χ2v) is 8.18. The number of benzene rings is 4. The highest BCUT2D eigenvalue weighted by Gasteiger charge is 2.24. The fourth-order valence-corrected chi connectivity index (χ4v) is 5.10. The Kier molecular flexibility index (Phi) is 3.51. The number of nitrogens with zero attached hydrogens (tertiary/aromatic N) is 3. The maximum Gasteiger partial charge on any atom is 0.280 e. The monoisotopic (exact) mass is 427 g/mol. The number of hydrogen-bond donors (Lipinski definition) is 0. The van der Waals surface area contributed by atoms with Crippen LogP contribution in [-0.4, -0.2) is 13.5 Å². The van der Waals surface area contributed by atoms with E-state index in [0.717, 1.165) is 38.7 Å². The van der Waals surface area contributed by atoms with Crippen molar-refractivity contribution in [2.24, 2.45) is 0 Å². The van der Waals surface area contributed by atoms with E-state index in [1.54, 1.807) is 9.13 Å². The molecule has 0 fully saturated rings. The molecule has 0 bridgehead atoms. The van der Waals surface area contributed by atoms with Gasteiger partial charge in [-0.25, -0.2) is 0 Å². The van der Waals surface area contributed by atoms with Gasteiger partial charge in [0.15, 0.2) is 0 Å². The predicted octanol–water partition coefficient (Wildman–Crippen LogP) is 5.14. The van der Waals surface area contributed by atoms with Crippen molar-refractivity contribution in [3.8, 4) is 11.4 Å². The van der Waals surface area contributed by atoms with Crippen LogP contribution < -0.4 is 11.1 Å². The van der Waals surface area contributed by atoms with Crippen LogP contribution in [0.1, 0.15) is 0 Å². The van der Waals surface area contributed by atoms with Gasteiger partial charge in [0.2, 0.25) is 0 Å². The van der Waals surface area contributed by atoms with Crippen LogP contribution in [0.15, 0.2) is 113 Å². The molecular weight excluding hydrogens is 410 g/mol. The lowest BCUT2D eigenvalue weighted by Gasteiger charge is -2.18. The molecule has 0 saturated carbocycles. The van der Waals surface area contributed by atoms with Crippen LogP contribution in [0.3, 0.4) is 0 Å². The summed E-state index contributed by atoms with van der Waals surface area (Å²) in [4.78, 5) is 28.0. The minimum absolute atomic E-state index is 0.144. The first kappa shape index (κ1) is 18.0. The van der Waals surface area contributed by atoms with Gasteiger partial charge in [0, 0.05) is 22.1 Å². The van der Waals surface area contributed by atoms with E-state index in [2.05, 4.69) is 0 Å². The third-order valence-corrected chi connectivity index (χ3v) is 6.42. The average Bonchev–Trinajstić information content (AvgIpc) is 3.22. The Morgan fingerprint density at radius 1 is 0.424 bits per heavy atom. The molecule has 5 nitrogen and oxygen atoms in total. The number of rotatable bonds is 2. The summed E-state index contributed by atoms with van der Waals surface area (Å²) < 4.78 is 5.38. The summed E-state index contributed by atoms with van der Waals surface area (Å²) in [5.74, 6) is 0. The van der Waals surface area contributed by atoms with Crippen molar-refractivity contribution in [1.29, 1.82) is 0 Å². The second kappa shape index (κ2) is 6.43. The van der Waals surface area contributed by atoms with Gasteiger partial charge in [0.25, 0.3) is 11.1 Å². The van der Waals surface area contributed by atoms with E-state index in [0.29, 0.717) is 11.0 Å². The molecule has 0 N–H and O–H groups in total. The van der Waals surface area contributed by atoms with Gasteiger partial charge in [-0.1, -0.05) is 66.7 Å². The van der Waals surface area contributed by atoms with Crippen molar-refractivity contribution in [3.05, 3.63) is 124 Å². The second-order valence-electron chi connectivity index (χ2n) is 8.18. The van der Waals surface area contributed by atoms with Gasteiger partial charge >= 0.3 is 0 Å². The Hall–Kier alpha value is -4.64. The number of aromatic nitrogens is 3. The summed E-state index contributed by atoms with van der Waals surface area (Å²) in [6.45, 7) is 0. The van der Waals surface area contributed by atoms with Gasteiger partial charge in [-0.3, -0.25) is 23.1 Å². The summed E-state index contributed by atoms with van der Waals surface area (Å²) >= 11 is 0. The van der Waals surface area contributed by atoms with E-state index >= 15 is 0 Å². The Morgan fingerprint density at radius 3 is 1.30 bits per heavy atom. The van der Waals surface area contributed by atoms with Crippen LogP contribution in [0.5, 0.6) is 0 Å². The summed E-state index contributed by atoms with van der Waals surface area (Å²) in [7, 11) is 0. The van der Waals surface area contributed by atoms with E-state index < -0.39 is 0 Å². The maximum atomic E-state index is 14.0. The largest absolute Gasteiger partial charge is 0.295 e. The van der Waals surface area contributed by atoms with Gasteiger partial charge in [0.1, 0.15) is 11.0 Å². The zero-order valence-corrected chi connectivity index (χ0v) is 17.5. The Balaban J connectivity index is 1.87. The quantitative estimate of drug-likeness (QED) is 0.384. The lowest BCUT2D eigenvalue weighted by Crippen LogP contribution is -2.26. The van der Waals surface area contributed by atoms with E-state index in [9.17, 15) is 9.59 Å². The van der Waals surface area contributed by atoms with Crippen molar-refractivity contribution >= 4 is 38.4 Å². The molecule has 0 atom stereocenters. The van der Waals surface area contributed by atoms with Crippen LogP contribution in [0.25, 0.3) is 49.7 Å². The molecule has 0 aliphatic rings. The van der Waals surface area contributed by atoms with Gasteiger partial charge < -0.3 is 0 Å². The van der Waals surface area contributed by atoms with Crippen LogP contribution >= 0.6 is 0 Å². The third-order valence-electron chi connectivity index (χ3n) is 6.42. The molecule has 0 spiro atoms. The number of hydrogen-bond acceptors (Lipinski definition) is 2. The first-order chi connectivity index (χ1) is 16.3. The molecule has 33 heavy (non-hydrogen) atoms. The Morgan fingerprint density at radius 2 is 0.848 bits per heavy atom. The minimum Gasteiger partial charge on any atom is -0.295 e. The van der Waals surface area contributed by atoms with Crippen molar-refractivity contribution in [3.63, 3.8) is 0 Å². The summed E-state index contributed by atoms with van der Waals surface area (Å²) in [5.41, 5.74) is 4.68. The molecule has 4 aromatic carbocycles. The molecule has 0 aliphatic carbocycles. The van der Waals surface area contributed by atoms with Crippen molar-refractivity contribution < 1.29 is 0 Å². The molecule has 156 valence electrons. The molecule has 0 unspecified atom stereocenters. The molecular formula is C28H17N3O2. The molecule has 5 heteroatoms. The highest BCUT2D eigenvalue weighted by Crippen LogP contribution is 2.32. The summed E-state index contributed by atoms with van der Waals surface area (Å²) in [6, 6.07) is 32.8. The van der Waals surface area contributed by atoms with Crippen molar-refractivity contribution in [1.82, 2.24) is 13.5 Å². The zero-order chi connectivity index (χ0) is 22.1. The zero-order valence-electron chi connectivity index (χ0n) is 17.5. The first-order valence-electron chi connectivity index (χ1n) is 10.8. The van der Waals surface area contributed by atoms with Crippen LogP contribution in [0.4, 0.5) is 0 Å². The van der Waals surface area contributed by atoms with E-state index in [-0.39, 0.29) is 11.1 Å². The number of para-hydroxylation sites is 3. The van der Waals surface area contributed by atoms with Gasteiger partial charge in [-0.15, -0.1) is 0 Å². The SMILES string of the molecule is O=c1c2c3ccccc3c3c(=O)n(-c4ccccc4)c4cccc(c4n23)n1-c1ccccc1. The van der Waals surface area contributed by atoms with Crippen molar-refractivity contribution in [2.75, 3.05) is 0 Å². The highest BCUT2D eigenvalue weighted by molar-refractivity contribution is 6.12. The molecule has 3 aromatic heterocycles. The van der Waals surface area contributed by atoms with Gasteiger partial charge in [-0.05, 0) is 36.4 Å². The normalized spacial score (nSPS) is 11.9. The standard InChI is InChI=1S/C28H17N3O2/c32-27-24-20-14-7-8-15-21(20)25-28(33)30(19-12-5-2-6-13-19)23-17-9-16-22(26(23)31(24)25)29(27)18-10-3-1-4-11-18/h1-17H. The molecule has 7 aromatic rings. The fraction of sp³-hybridized carbons (Fsp3) is 0. The van der Waals surface area contributed by atoms with Gasteiger partial charge in [0.05, 0.1) is 16.6 Å². The Labute approximate surface area is 187 Å². The van der Waals surface area contributed by atoms with Crippen LogP contribution in [0.2, 0.25) is 0 Å². The first-order valence-corrected chi connectivity index (χ1v) is 10.8. The van der Waals surface area contributed by atoms with E-state index in [1.165, 1.54) is 0 Å². The van der Waals surface area contributed by atoms with Crippen LogP contribution in [-0.2, 0) is 0 Å². The van der Waals surface area contributed by atoms with Crippen LogP contribution in [0, 0.1) is 0 Å². The number of fused-ring (bicyclic) bond motifs is 3. The van der Waals surface area contributed by atoms with E-state index in [1.807, 2.05) is 108 Å². The van der Waals surface area contributed by atoms with Gasteiger partial charge in [-0.2, -0.15) is 0 Å². The lowest BCUT2D eigenvalue weighted by atomic mass is 10.2. The molecule has 0 radical (unpaired) electrons. The highest BCUT2D eigenvalue weighted by atomic mass is 16.1. The smallest absolute Gasteiger partial charge is 0.280 e. The maximum absolute atomic E-state index is 14.0. The molecule has 0 saturated heterocycles. The van der Waals surface area contributed by atoms with E-state index in [4.69, 9.17) is 0 Å². The minimum atomic E-state index is -0.144. The summed E-state index contributed by atoms with van der Waals surface area (Å²) in [6.07, 6.45) is 0. The average molecular weight is 427 g/mol. The molecule has 0 aliphatic heterocycles. The molecule has 3 heterocycles. The topological polar surface area (TPSA) is 48.4 Å². The predicted molar refractivity (Wildman–Crippen MR) is 132 cm³/mol. The lowest BCUT2D eigenvalue weighted by molar-refractivity contribution is 0.997. The fourth-order valence-electron chi connectivity index (χ4n) is 5.10. The molecule has 7 rings (SSSR count). The molecule has 0 amide bonds. The Bertz CT molecular complexity index is 1810. The van der Waals surface area contributed by atoms with Crippen molar-refractivity contribution in [2.45, 2.75) is 0 Å². The third kappa shape index (κ3) is 2.25.